The molecule has 1 heterocycles. The number of amides is 1. The number of aromatic nitrogens is 2. The van der Waals surface area contributed by atoms with E-state index in [1.165, 1.54) is 6.92 Å². The molecule has 2 N–H and O–H groups in total. The number of imidazole rings is 1. The summed E-state index contributed by atoms with van der Waals surface area (Å²) in [6.07, 6.45) is 4.06. The van der Waals surface area contributed by atoms with Crippen LogP contribution in [-0.2, 0) is 4.79 Å². The van der Waals surface area contributed by atoms with E-state index in [1.54, 1.807) is 29.4 Å². The Bertz CT molecular complexity index is 506. The van der Waals surface area contributed by atoms with Crippen LogP contribution in [0.4, 0.5) is 5.69 Å². The topological polar surface area (TPSA) is 67.2 Å². The molecule has 88 valence electrons. The summed E-state index contributed by atoms with van der Waals surface area (Å²) < 4.78 is 1.79. The van der Waals surface area contributed by atoms with Crippen LogP contribution in [0.3, 0.4) is 0 Å². The fraction of sp³-hybridized carbons (Fsp3) is 0.167. The van der Waals surface area contributed by atoms with Gasteiger partial charge in [-0.25, -0.2) is 4.98 Å². The van der Waals surface area contributed by atoms with Crippen molar-refractivity contribution in [3.63, 3.8) is 0 Å². The molecule has 2 aromatic rings. The van der Waals surface area contributed by atoms with Gasteiger partial charge < -0.3 is 15.0 Å². The zero-order valence-electron chi connectivity index (χ0n) is 9.37. The molecule has 5 nitrogen and oxygen atoms in total. The molecule has 0 aliphatic heterocycles. The van der Waals surface area contributed by atoms with Crippen molar-refractivity contribution in [2.75, 3.05) is 5.32 Å². The van der Waals surface area contributed by atoms with Gasteiger partial charge in [-0.3, -0.25) is 4.79 Å². The highest BCUT2D eigenvalue weighted by Gasteiger charge is 2.11. The molecule has 0 radical (unpaired) electrons. The molecule has 1 aromatic heterocycles. The van der Waals surface area contributed by atoms with E-state index in [2.05, 4.69) is 10.3 Å². The van der Waals surface area contributed by atoms with E-state index in [1.807, 2.05) is 18.2 Å². The lowest BCUT2D eigenvalue weighted by molar-refractivity contribution is -0.123. The number of anilines is 1. The lowest BCUT2D eigenvalue weighted by Crippen LogP contribution is -2.25. The molecule has 0 aliphatic rings. The minimum absolute atomic E-state index is 0.433. The summed E-state index contributed by atoms with van der Waals surface area (Å²) >= 11 is 0. The van der Waals surface area contributed by atoms with Crippen molar-refractivity contribution in [3.05, 3.63) is 43.0 Å². The largest absolute Gasteiger partial charge is 0.384 e. The smallest absolute Gasteiger partial charge is 0.252 e. The molecule has 1 unspecified atom stereocenters. The monoisotopic (exact) mass is 231 g/mol. The molecule has 1 aromatic carbocycles. The molecular formula is C12H13N3O2. The van der Waals surface area contributed by atoms with Gasteiger partial charge in [-0.1, -0.05) is 12.1 Å². The molecule has 1 amide bonds. The maximum Gasteiger partial charge on any atom is 0.252 e. The van der Waals surface area contributed by atoms with Crippen LogP contribution >= 0.6 is 0 Å². The average Bonchev–Trinajstić information content (AvgIpc) is 2.83. The van der Waals surface area contributed by atoms with E-state index in [4.69, 9.17) is 0 Å². The number of nitrogens with zero attached hydrogens (tertiary/aromatic N) is 2. The summed E-state index contributed by atoms with van der Waals surface area (Å²) in [6.45, 7) is 1.43. The SMILES string of the molecule is CC(O)C(=O)Nc1ccccc1-n1ccnc1. The molecule has 0 aliphatic carbocycles. The van der Waals surface area contributed by atoms with Crippen molar-refractivity contribution in [3.8, 4) is 5.69 Å². The maximum absolute atomic E-state index is 11.4. The maximum atomic E-state index is 11.4. The summed E-state index contributed by atoms with van der Waals surface area (Å²) in [5.74, 6) is -0.433. The normalized spacial score (nSPS) is 12.1. The number of carbonyl (C=O) groups is 1. The van der Waals surface area contributed by atoms with Crippen LogP contribution in [-0.4, -0.2) is 26.7 Å². The predicted octanol–water partition coefficient (Wildman–Crippen LogP) is 1.19. The van der Waals surface area contributed by atoms with Gasteiger partial charge in [0.25, 0.3) is 5.91 Å². The highest BCUT2D eigenvalue weighted by atomic mass is 16.3. The van der Waals surface area contributed by atoms with Gasteiger partial charge >= 0.3 is 0 Å². The second kappa shape index (κ2) is 4.80. The first-order valence-corrected chi connectivity index (χ1v) is 5.25. The minimum Gasteiger partial charge on any atom is -0.384 e. The van der Waals surface area contributed by atoms with Crippen LogP contribution in [0.5, 0.6) is 0 Å². The number of benzene rings is 1. The molecule has 0 spiro atoms. The van der Waals surface area contributed by atoms with Crippen LogP contribution in [0.1, 0.15) is 6.92 Å². The van der Waals surface area contributed by atoms with Crippen molar-refractivity contribution in [2.45, 2.75) is 13.0 Å². The van der Waals surface area contributed by atoms with E-state index < -0.39 is 12.0 Å². The molecule has 0 saturated carbocycles. The van der Waals surface area contributed by atoms with Crippen LogP contribution in [0.15, 0.2) is 43.0 Å². The van der Waals surface area contributed by atoms with Gasteiger partial charge in [0.15, 0.2) is 0 Å². The van der Waals surface area contributed by atoms with E-state index >= 15 is 0 Å². The second-order valence-corrected chi connectivity index (χ2v) is 3.65. The summed E-state index contributed by atoms with van der Waals surface area (Å²) in [5, 5.41) is 11.8. The third kappa shape index (κ3) is 2.51. The fourth-order valence-electron chi connectivity index (χ4n) is 1.44. The van der Waals surface area contributed by atoms with Crippen molar-refractivity contribution >= 4 is 11.6 Å². The predicted molar refractivity (Wildman–Crippen MR) is 63.9 cm³/mol. The standard InChI is InChI=1S/C12H13N3O2/c1-9(16)12(17)14-10-4-2-3-5-11(10)15-7-6-13-8-15/h2-9,16H,1H3,(H,14,17). The summed E-state index contributed by atoms with van der Waals surface area (Å²) in [4.78, 5) is 15.4. The van der Waals surface area contributed by atoms with Gasteiger partial charge in [0.1, 0.15) is 6.10 Å². The van der Waals surface area contributed by atoms with E-state index in [0.717, 1.165) is 5.69 Å². The Labute approximate surface area is 98.7 Å². The number of carbonyl (C=O) groups excluding carboxylic acids is 1. The van der Waals surface area contributed by atoms with Crippen LogP contribution in [0.25, 0.3) is 5.69 Å². The molecule has 1 atom stereocenters. The Morgan fingerprint density at radius 3 is 2.88 bits per heavy atom. The molecule has 17 heavy (non-hydrogen) atoms. The first kappa shape index (κ1) is 11.3. The van der Waals surface area contributed by atoms with Crippen molar-refractivity contribution in [2.24, 2.45) is 0 Å². The highest BCUT2D eigenvalue weighted by molar-refractivity contribution is 5.95. The Balaban J connectivity index is 2.32. The van der Waals surface area contributed by atoms with Crippen molar-refractivity contribution in [1.82, 2.24) is 9.55 Å². The van der Waals surface area contributed by atoms with Crippen molar-refractivity contribution in [1.29, 1.82) is 0 Å². The molecule has 5 heteroatoms. The van der Waals surface area contributed by atoms with Gasteiger partial charge in [0.2, 0.25) is 0 Å². The highest BCUT2D eigenvalue weighted by Crippen LogP contribution is 2.19. The first-order valence-electron chi connectivity index (χ1n) is 5.25. The van der Waals surface area contributed by atoms with Gasteiger partial charge in [-0.2, -0.15) is 0 Å². The van der Waals surface area contributed by atoms with E-state index in [0.29, 0.717) is 5.69 Å². The third-order valence-electron chi connectivity index (χ3n) is 2.32. The van der Waals surface area contributed by atoms with Gasteiger partial charge in [-0.15, -0.1) is 0 Å². The Morgan fingerprint density at radius 1 is 1.47 bits per heavy atom. The summed E-state index contributed by atoms with van der Waals surface area (Å²) in [6, 6.07) is 7.32. The van der Waals surface area contributed by atoms with E-state index in [9.17, 15) is 9.90 Å². The fourth-order valence-corrected chi connectivity index (χ4v) is 1.44. The second-order valence-electron chi connectivity index (χ2n) is 3.65. The lowest BCUT2D eigenvalue weighted by Gasteiger charge is -2.12. The van der Waals surface area contributed by atoms with Gasteiger partial charge in [-0.05, 0) is 19.1 Å². The Morgan fingerprint density at radius 2 is 2.24 bits per heavy atom. The number of rotatable bonds is 3. The molecule has 0 bridgehead atoms. The third-order valence-corrected chi connectivity index (χ3v) is 2.32. The zero-order chi connectivity index (χ0) is 12.3. The van der Waals surface area contributed by atoms with E-state index in [-0.39, 0.29) is 0 Å². The van der Waals surface area contributed by atoms with Crippen LogP contribution in [0, 0.1) is 0 Å². The Hall–Kier alpha value is -2.14. The van der Waals surface area contributed by atoms with Crippen LogP contribution in [0.2, 0.25) is 0 Å². The molecular weight excluding hydrogens is 218 g/mol. The summed E-state index contributed by atoms with van der Waals surface area (Å²) in [5.41, 5.74) is 1.44. The summed E-state index contributed by atoms with van der Waals surface area (Å²) in [7, 11) is 0. The Kier molecular flexibility index (Phi) is 3.20. The number of aliphatic hydroxyl groups is 1. The first-order chi connectivity index (χ1) is 8.18. The quantitative estimate of drug-likeness (QED) is 0.833. The number of para-hydroxylation sites is 2. The number of hydrogen-bond acceptors (Lipinski definition) is 3. The average molecular weight is 231 g/mol. The number of nitrogens with one attached hydrogen (secondary N) is 1. The van der Waals surface area contributed by atoms with Crippen molar-refractivity contribution < 1.29 is 9.90 Å². The zero-order valence-corrected chi connectivity index (χ0v) is 9.37. The molecule has 2 rings (SSSR count). The van der Waals surface area contributed by atoms with Gasteiger partial charge in [0.05, 0.1) is 17.7 Å². The van der Waals surface area contributed by atoms with Crippen LogP contribution < -0.4 is 5.32 Å². The number of hydrogen-bond donors (Lipinski definition) is 2. The van der Waals surface area contributed by atoms with Gasteiger partial charge in [0, 0.05) is 12.4 Å². The number of aliphatic hydroxyl groups excluding tert-OH is 1. The molecule has 0 saturated heterocycles. The molecule has 0 fully saturated rings. The lowest BCUT2D eigenvalue weighted by atomic mass is 10.2. The minimum atomic E-state index is -1.04.